The van der Waals surface area contributed by atoms with E-state index in [-0.39, 0.29) is 6.10 Å². The molecule has 3 atom stereocenters. The second-order valence-electron chi connectivity index (χ2n) is 5.47. The van der Waals surface area contributed by atoms with E-state index in [4.69, 9.17) is 21.1 Å². The summed E-state index contributed by atoms with van der Waals surface area (Å²) < 4.78 is 11.2. The average molecular weight is 314 g/mol. The molecule has 1 saturated heterocycles. The van der Waals surface area contributed by atoms with Gasteiger partial charge in [0.1, 0.15) is 0 Å². The van der Waals surface area contributed by atoms with Crippen molar-refractivity contribution in [2.75, 3.05) is 26.3 Å². The molecule has 1 aromatic rings. The molecular formula is C16H24ClNO3. The van der Waals surface area contributed by atoms with Gasteiger partial charge in [0.05, 0.1) is 24.9 Å². The molecule has 21 heavy (non-hydrogen) atoms. The van der Waals surface area contributed by atoms with Gasteiger partial charge in [0.15, 0.2) is 0 Å². The Labute approximate surface area is 131 Å². The Morgan fingerprint density at radius 1 is 1.43 bits per heavy atom. The summed E-state index contributed by atoms with van der Waals surface area (Å²) in [5, 5.41) is 13.9. The number of rotatable bonds is 8. The second kappa shape index (κ2) is 8.71. The van der Waals surface area contributed by atoms with E-state index in [1.54, 1.807) is 0 Å². The third kappa shape index (κ3) is 5.93. The van der Waals surface area contributed by atoms with Crippen LogP contribution in [0.2, 0.25) is 5.02 Å². The lowest BCUT2D eigenvalue weighted by Crippen LogP contribution is -2.35. The standard InChI is InChI=1S/C16H24ClNO3/c1-12(13-4-6-14(17)7-5-13)21-11-15(19)9-18-10-16-3-2-8-20-16/h4-7,12,15-16,18-19H,2-3,8-11H2,1H3/t12-,15-,16-/m0/s1. The van der Waals surface area contributed by atoms with E-state index in [0.717, 1.165) is 31.6 Å². The zero-order chi connectivity index (χ0) is 15.1. The fraction of sp³-hybridized carbons (Fsp3) is 0.625. The molecule has 0 bridgehead atoms. The summed E-state index contributed by atoms with van der Waals surface area (Å²) in [5.74, 6) is 0. The summed E-state index contributed by atoms with van der Waals surface area (Å²) in [6.07, 6.45) is 1.96. The summed E-state index contributed by atoms with van der Waals surface area (Å²) >= 11 is 5.86. The second-order valence-corrected chi connectivity index (χ2v) is 5.91. The quantitative estimate of drug-likeness (QED) is 0.774. The first-order chi connectivity index (χ1) is 10.1. The first-order valence-corrected chi connectivity index (χ1v) is 7.90. The van der Waals surface area contributed by atoms with Gasteiger partial charge in [-0.25, -0.2) is 0 Å². The minimum Gasteiger partial charge on any atom is -0.389 e. The van der Waals surface area contributed by atoms with Crippen molar-refractivity contribution in [1.29, 1.82) is 0 Å². The Hall–Kier alpha value is -0.650. The van der Waals surface area contributed by atoms with Crippen LogP contribution in [0, 0.1) is 0 Å². The predicted molar refractivity (Wildman–Crippen MR) is 83.7 cm³/mol. The van der Waals surface area contributed by atoms with Gasteiger partial charge in [-0.15, -0.1) is 0 Å². The minimum absolute atomic E-state index is 0.0601. The Morgan fingerprint density at radius 3 is 2.86 bits per heavy atom. The lowest BCUT2D eigenvalue weighted by molar-refractivity contribution is -0.00321. The highest BCUT2D eigenvalue weighted by Crippen LogP contribution is 2.19. The number of hydrogen-bond donors (Lipinski definition) is 2. The monoisotopic (exact) mass is 313 g/mol. The van der Waals surface area contributed by atoms with E-state index in [0.29, 0.717) is 24.3 Å². The van der Waals surface area contributed by atoms with Crippen LogP contribution in [-0.2, 0) is 9.47 Å². The average Bonchev–Trinajstić information content (AvgIpc) is 2.99. The van der Waals surface area contributed by atoms with Crippen LogP contribution >= 0.6 is 11.6 Å². The maximum atomic E-state index is 9.91. The third-order valence-electron chi connectivity index (χ3n) is 3.65. The van der Waals surface area contributed by atoms with E-state index >= 15 is 0 Å². The number of aliphatic hydroxyl groups excluding tert-OH is 1. The van der Waals surface area contributed by atoms with Crippen molar-refractivity contribution >= 4 is 11.6 Å². The summed E-state index contributed by atoms with van der Waals surface area (Å²) in [6, 6.07) is 7.57. The highest BCUT2D eigenvalue weighted by Gasteiger charge is 2.15. The fourth-order valence-corrected chi connectivity index (χ4v) is 2.49. The van der Waals surface area contributed by atoms with Gasteiger partial charge in [-0.1, -0.05) is 23.7 Å². The molecule has 4 nitrogen and oxygen atoms in total. The van der Waals surface area contributed by atoms with Crippen molar-refractivity contribution in [3.05, 3.63) is 34.9 Å². The van der Waals surface area contributed by atoms with Crippen LogP contribution in [0.25, 0.3) is 0 Å². The number of nitrogens with one attached hydrogen (secondary N) is 1. The number of aliphatic hydroxyl groups is 1. The normalized spacial score (nSPS) is 21.4. The summed E-state index contributed by atoms with van der Waals surface area (Å²) in [5.41, 5.74) is 1.05. The van der Waals surface area contributed by atoms with Gasteiger partial charge in [-0.2, -0.15) is 0 Å². The van der Waals surface area contributed by atoms with Crippen molar-refractivity contribution in [1.82, 2.24) is 5.32 Å². The summed E-state index contributed by atoms with van der Waals surface area (Å²) in [4.78, 5) is 0. The van der Waals surface area contributed by atoms with Crippen LogP contribution in [0.4, 0.5) is 0 Å². The molecule has 0 unspecified atom stereocenters. The molecule has 1 aromatic carbocycles. The van der Waals surface area contributed by atoms with Crippen LogP contribution in [0.15, 0.2) is 24.3 Å². The molecule has 0 aromatic heterocycles. The van der Waals surface area contributed by atoms with E-state index in [9.17, 15) is 5.11 Å². The Bertz CT molecular complexity index is 406. The molecule has 0 saturated carbocycles. The van der Waals surface area contributed by atoms with Gasteiger partial charge >= 0.3 is 0 Å². The number of hydrogen-bond acceptors (Lipinski definition) is 4. The maximum Gasteiger partial charge on any atom is 0.0897 e. The van der Waals surface area contributed by atoms with Crippen molar-refractivity contribution in [3.63, 3.8) is 0 Å². The SMILES string of the molecule is C[C@H](OC[C@@H](O)CNC[C@@H]1CCCO1)c1ccc(Cl)cc1. The minimum atomic E-state index is -0.513. The van der Waals surface area contributed by atoms with Crippen LogP contribution in [0.1, 0.15) is 31.4 Å². The smallest absolute Gasteiger partial charge is 0.0897 e. The zero-order valence-electron chi connectivity index (χ0n) is 12.4. The highest BCUT2D eigenvalue weighted by atomic mass is 35.5. The molecule has 1 aliphatic rings. The first kappa shape index (κ1) is 16.7. The molecule has 0 aliphatic carbocycles. The van der Waals surface area contributed by atoms with E-state index in [1.807, 2.05) is 31.2 Å². The molecule has 2 N–H and O–H groups in total. The molecule has 1 aliphatic heterocycles. The largest absolute Gasteiger partial charge is 0.389 e. The topological polar surface area (TPSA) is 50.7 Å². The highest BCUT2D eigenvalue weighted by molar-refractivity contribution is 6.30. The molecule has 5 heteroatoms. The van der Waals surface area contributed by atoms with Crippen LogP contribution < -0.4 is 5.32 Å². The Kier molecular flexibility index (Phi) is 6.93. The van der Waals surface area contributed by atoms with Gasteiger partial charge in [0, 0.05) is 24.7 Å². The van der Waals surface area contributed by atoms with Gasteiger partial charge in [-0.05, 0) is 37.5 Å². The molecule has 0 spiro atoms. The summed E-state index contributed by atoms with van der Waals surface area (Å²) in [6.45, 7) is 4.45. The first-order valence-electron chi connectivity index (χ1n) is 7.52. The fourth-order valence-electron chi connectivity index (χ4n) is 2.36. The van der Waals surface area contributed by atoms with Gasteiger partial charge < -0.3 is 19.9 Å². The summed E-state index contributed by atoms with van der Waals surface area (Å²) in [7, 11) is 0. The van der Waals surface area contributed by atoms with Crippen LogP contribution in [0.5, 0.6) is 0 Å². The van der Waals surface area contributed by atoms with Gasteiger partial charge in [0.2, 0.25) is 0 Å². The van der Waals surface area contributed by atoms with E-state index < -0.39 is 6.10 Å². The lowest BCUT2D eigenvalue weighted by atomic mass is 10.1. The molecular weight excluding hydrogens is 290 g/mol. The van der Waals surface area contributed by atoms with Crippen molar-refractivity contribution in [3.8, 4) is 0 Å². The molecule has 118 valence electrons. The number of benzene rings is 1. The molecule has 1 heterocycles. The molecule has 1 fully saturated rings. The Morgan fingerprint density at radius 2 is 2.19 bits per heavy atom. The zero-order valence-corrected chi connectivity index (χ0v) is 13.2. The van der Waals surface area contributed by atoms with Crippen molar-refractivity contribution < 1.29 is 14.6 Å². The van der Waals surface area contributed by atoms with Crippen LogP contribution in [-0.4, -0.2) is 43.6 Å². The van der Waals surface area contributed by atoms with E-state index in [1.165, 1.54) is 0 Å². The Balaban J connectivity index is 1.61. The van der Waals surface area contributed by atoms with Crippen LogP contribution in [0.3, 0.4) is 0 Å². The molecule has 0 radical (unpaired) electrons. The van der Waals surface area contributed by atoms with Gasteiger partial charge in [0.25, 0.3) is 0 Å². The van der Waals surface area contributed by atoms with E-state index in [2.05, 4.69) is 5.32 Å². The van der Waals surface area contributed by atoms with Crippen molar-refractivity contribution in [2.45, 2.75) is 38.1 Å². The lowest BCUT2D eigenvalue weighted by Gasteiger charge is -2.18. The number of halogens is 1. The third-order valence-corrected chi connectivity index (χ3v) is 3.91. The molecule has 0 amide bonds. The number of ether oxygens (including phenoxy) is 2. The maximum absolute atomic E-state index is 9.91. The van der Waals surface area contributed by atoms with Crippen molar-refractivity contribution in [2.24, 2.45) is 0 Å². The van der Waals surface area contributed by atoms with Gasteiger partial charge in [-0.3, -0.25) is 0 Å². The molecule has 2 rings (SSSR count). The predicted octanol–water partition coefficient (Wildman–Crippen LogP) is 2.55.